The topological polar surface area (TPSA) is 70.6 Å². The molecule has 24 heavy (non-hydrogen) atoms. The third-order valence-electron chi connectivity index (χ3n) is 4.08. The molecule has 0 saturated heterocycles. The molecule has 1 aliphatic heterocycles. The summed E-state index contributed by atoms with van der Waals surface area (Å²) in [6.45, 7) is -0.339. The molecule has 1 heterocycles. The van der Waals surface area contributed by atoms with E-state index in [1.807, 2.05) is 24.3 Å². The van der Waals surface area contributed by atoms with Gasteiger partial charge in [-0.05, 0) is 35.2 Å². The number of hydrogen-bond donors (Lipinski definition) is 3. The molecule has 0 amide bonds. The largest absolute Gasteiger partial charge is 0.482 e. The van der Waals surface area contributed by atoms with E-state index in [4.69, 9.17) is 9.84 Å². The first kappa shape index (κ1) is 14.4. The van der Waals surface area contributed by atoms with Gasteiger partial charge in [0.05, 0.1) is 0 Å². The van der Waals surface area contributed by atoms with Gasteiger partial charge in [0.25, 0.3) is 0 Å². The fourth-order valence-corrected chi connectivity index (χ4v) is 3.00. The van der Waals surface area contributed by atoms with Gasteiger partial charge in [0.1, 0.15) is 11.9 Å². The molecule has 0 aliphatic carbocycles. The molecule has 3 aromatic rings. The Balaban J connectivity index is 1.59. The minimum atomic E-state index is -0.987. The number of rotatable bonds is 4. The average Bonchev–Trinajstić information content (AvgIpc) is 2.61. The zero-order chi connectivity index (χ0) is 16.5. The van der Waals surface area contributed by atoms with E-state index < -0.39 is 5.97 Å². The smallest absolute Gasteiger partial charge is 0.341 e. The van der Waals surface area contributed by atoms with Crippen molar-refractivity contribution in [2.75, 3.05) is 17.2 Å². The van der Waals surface area contributed by atoms with Gasteiger partial charge in [-0.15, -0.1) is 0 Å². The highest BCUT2D eigenvalue weighted by Gasteiger charge is 2.20. The summed E-state index contributed by atoms with van der Waals surface area (Å²) in [5.41, 5.74) is 3.24. The van der Waals surface area contributed by atoms with Crippen LogP contribution in [0, 0.1) is 0 Å². The molecule has 0 saturated carbocycles. The molecule has 0 bridgehead atoms. The first-order valence-corrected chi connectivity index (χ1v) is 7.70. The van der Waals surface area contributed by atoms with Gasteiger partial charge in [-0.2, -0.15) is 0 Å². The summed E-state index contributed by atoms with van der Waals surface area (Å²) in [6, 6.07) is 19.8. The minimum Gasteiger partial charge on any atom is -0.482 e. The Bertz CT molecular complexity index is 865. The molecule has 5 nitrogen and oxygen atoms in total. The van der Waals surface area contributed by atoms with Gasteiger partial charge in [-0.3, -0.25) is 0 Å². The quantitative estimate of drug-likeness (QED) is 0.681. The average molecular weight is 320 g/mol. The van der Waals surface area contributed by atoms with E-state index in [0.717, 1.165) is 16.9 Å². The summed E-state index contributed by atoms with van der Waals surface area (Å²) < 4.78 is 5.17. The summed E-state index contributed by atoms with van der Waals surface area (Å²) in [6.07, 6.45) is -0.0565. The number of carbonyl (C=O) groups is 1. The molecule has 0 radical (unpaired) electrons. The van der Waals surface area contributed by atoms with E-state index in [1.54, 1.807) is 12.1 Å². The van der Waals surface area contributed by atoms with Crippen LogP contribution in [0.1, 0.15) is 11.7 Å². The standard InChI is InChI=1S/C19H16N2O3/c22-17(23)11-24-14-9-7-13(8-10-14)19-20-15-5-1-3-12-4-2-6-16(21-19)18(12)15/h1-10,19-21H,11H2,(H,22,23). The molecule has 5 heteroatoms. The van der Waals surface area contributed by atoms with Gasteiger partial charge in [0, 0.05) is 16.8 Å². The van der Waals surface area contributed by atoms with Crippen LogP contribution in [0.25, 0.3) is 10.8 Å². The third kappa shape index (κ3) is 2.60. The predicted molar refractivity (Wildman–Crippen MR) is 93.5 cm³/mol. The SMILES string of the molecule is O=C(O)COc1ccc(C2Nc3cccc4cccc(c34)N2)cc1. The number of anilines is 2. The maximum absolute atomic E-state index is 10.5. The Hall–Kier alpha value is -3.21. The number of aliphatic carboxylic acids is 1. The molecular formula is C19H16N2O3. The molecule has 3 N–H and O–H groups in total. The summed E-state index contributed by atoms with van der Waals surface area (Å²) in [7, 11) is 0. The molecule has 3 aromatic carbocycles. The Kier molecular flexibility index (Phi) is 3.46. The van der Waals surface area contributed by atoms with Crippen molar-refractivity contribution in [2.45, 2.75) is 6.17 Å². The number of carboxylic acid groups (broad SMARTS) is 1. The van der Waals surface area contributed by atoms with Crippen LogP contribution >= 0.6 is 0 Å². The van der Waals surface area contributed by atoms with E-state index in [1.165, 1.54) is 10.8 Å². The highest BCUT2D eigenvalue weighted by atomic mass is 16.5. The summed E-state index contributed by atoms with van der Waals surface area (Å²) in [5, 5.41) is 18.0. The van der Waals surface area contributed by atoms with E-state index in [-0.39, 0.29) is 12.8 Å². The molecule has 0 fully saturated rings. The van der Waals surface area contributed by atoms with Crippen molar-refractivity contribution in [3.8, 4) is 5.75 Å². The highest BCUT2D eigenvalue weighted by Crippen LogP contribution is 2.38. The second-order valence-electron chi connectivity index (χ2n) is 5.68. The monoisotopic (exact) mass is 320 g/mol. The lowest BCUT2D eigenvalue weighted by molar-refractivity contribution is -0.139. The Morgan fingerprint density at radius 3 is 2.17 bits per heavy atom. The summed E-state index contributed by atoms with van der Waals surface area (Å²) in [4.78, 5) is 10.5. The van der Waals surface area contributed by atoms with Crippen molar-refractivity contribution < 1.29 is 14.6 Å². The second-order valence-corrected chi connectivity index (χ2v) is 5.68. The summed E-state index contributed by atoms with van der Waals surface area (Å²) in [5.74, 6) is -0.446. The van der Waals surface area contributed by atoms with Crippen molar-refractivity contribution in [1.82, 2.24) is 0 Å². The first-order chi connectivity index (χ1) is 11.7. The third-order valence-corrected chi connectivity index (χ3v) is 4.08. The minimum absolute atomic E-state index is 0.0565. The van der Waals surface area contributed by atoms with Crippen LogP contribution in [0.5, 0.6) is 5.75 Å². The van der Waals surface area contributed by atoms with Crippen LogP contribution in [0.15, 0.2) is 60.7 Å². The van der Waals surface area contributed by atoms with Crippen molar-refractivity contribution in [3.05, 3.63) is 66.2 Å². The molecule has 0 spiro atoms. The van der Waals surface area contributed by atoms with Crippen LogP contribution < -0.4 is 15.4 Å². The van der Waals surface area contributed by atoms with E-state index >= 15 is 0 Å². The lowest BCUT2D eigenvalue weighted by Gasteiger charge is -2.29. The number of nitrogens with one attached hydrogen (secondary N) is 2. The predicted octanol–water partition coefficient (Wildman–Crippen LogP) is 3.84. The van der Waals surface area contributed by atoms with Crippen LogP contribution in [-0.2, 0) is 4.79 Å². The second kappa shape index (κ2) is 5.77. The maximum atomic E-state index is 10.5. The van der Waals surface area contributed by atoms with Crippen molar-refractivity contribution in [2.24, 2.45) is 0 Å². The van der Waals surface area contributed by atoms with Gasteiger partial charge >= 0.3 is 5.97 Å². The van der Waals surface area contributed by atoms with Gasteiger partial charge < -0.3 is 20.5 Å². The van der Waals surface area contributed by atoms with E-state index in [0.29, 0.717) is 5.75 Å². The summed E-state index contributed by atoms with van der Waals surface area (Å²) >= 11 is 0. The van der Waals surface area contributed by atoms with Crippen LogP contribution in [0.4, 0.5) is 11.4 Å². The lowest BCUT2D eigenvalue weighted by Crippen LogP contribution is -2.23. The zero-order valence-corrected chi connectivity index (χ0v) is 12.8. The lowest BCUT2D eigenvalue weighted by atomic mass is 10.0. The number of ether oxygens (including phenoxy) is 1. The van der Waals surface area contributed by atoms with E-state index in [2.05, 4.69) is 34.9 Å². The molecule has 0 unspecified atom stereocenters. The van der Waals surface area contributed by atoms with Crippen molar-refractivity contribution >= 4 is 28.1 Å². The van der Waals surface area contributed by atoms with Crippen LogP contribution in [-0.4, -0.2) is 17.7 Å². The number of benzene rings is 3. The molecule has 120 valence electrons. The van der Waals surface area contributed by atoms with Crippen LogP contribution in [0.3, 0.4) is 0 Å². The van der Waals surface area contributed by atoms with Gasteiger partial charge in [-0.1, -0.05) is 36.4 Å². The van der Waals surface area contributed by atoms with E-state index in [9.17, 15) is 4.79 Å². The Morgan fingerprint density at radius 2 is 1.58 bits per heavy atom. The first-order valence-electron chi connectivity index (χ1n) is 7.70. The maximum Gasteiger partial charge on any atom is 0.341 e. The van der Waals surface area contributed by atoms with Gasteiger partial charge in [0.15, 0.2) is 6.61 Å². The Morgan fingerprint density at radius 1 is 0.958 bits per heavy atom. The number of hydrogen-bond acceptors (Lipinski definition) is 4. The normalized spacial score (nSPS) is 13.2. The Labute approximate surface area is 138 Å². The van der Waals surface area contributed by atoms with Crippen molar-refractivity contribution in [3.63, 3.8) is 0 Å². The highest BCUT2D eigenvalue weighted by molar-refractivity contribution is 6.04. The fourth-order valence-electron chi connectivity index (χ4n) is 3.00. The molecule has 4 rings (SSSR count). The molecule has 0 atom stereocenters. The van der Waals surface area contributed by atoms with Gasteiger partial charge in [0.2, 0.25) is 0 Å². The zero-order valence-electron chi connectivity index (χ0n) is 12.8. The molecule has 1 aliphatic rings. The molecule has 0 aromatic heterocycles. The number of carboxylic acids is 1. The van der Waals surface area contributed by atoms with Gasteiger partial charge in [-0.25, -0.2) is 4.79 Å². The van der Waals surface area contributed by atoms with Crippen molar-refractivity contribution in [1.29, 1.82) is 0 Å². The van der Waals surface area contributed by atoms with Crippen LogP contribution in [0.2, 0.25) is 0 Å². The fraction of sp³-hybridized carbons (Fsp3) is 0.105. The molecular weight excluding hydrogens is 304 g/mol.